The Morgan fingerprint density at radius 1 is 1.16 bits per heavy atom. The Labute approximate surface area is 151 Å². The van der Waals surface area contributed by atoms with Gasteiger partial charge < -0.3 is 19.9 Å². The summed E-state index contributed by atoms with van der Waals surface area (Å²) in [6.07, 6.45) is 3.61. The van der Waals surface area contributed by atoms with E-state index < -0.39 is 0 Å². The number of morpholine rings is 1. The van der Waals surface area contributed by atoms with Crippen LogP contribution in [0, 0.1) is 6.92 Å². The molecule has 2 N–H and O–H groups in total. The highest BCUT2D eigenvalue weighted by Gasteiger charge is 2.10. The highest BCUT2D eigenvalue weighted by atomic mass is 16.5. The molecule has 142 valence electrons. The zero-order valence-corrected chi connectivity index (χ0v) is 15.9. The molecule has 8 heteroatoms. The van der Waals surface area contributed by atoms with Gasteiger partial charge in [-0.3, -0.25) is 4.90 Å². The summed E-state index contributed by atoms with van der Waals surface area (Å²) >= 11 is 0. The maximum absolute atomic E-state index is 5.39. The molecule has 0 radical (unpaired) electrons. The lowest BCUT2D eigenvalue weighted by molar-refractivity contribution is 0.0389. The van der Waals surface area contributed by atoms with E-state index in [1.165, 1.54) is 12.8 Å². The largest absolute Gasteiger partial charge is 0.379 e. The van der Waals surface area contributed by atoms with Gasteiger partial charge in [0.25, 0.3) is 0 Å². The van der Waals surface area contributed by atoms with Gasteiger partial charge in [0.1, 0.15) is 12.4 Å². The molecule has 2 rings (SSSR count). The SMILES string of the molecule is CCCCCNC(=NCc1nnc(C)n1C)NCCN1CCOCC1. The molecular formula is C17H33N7O. The first-order chi connectivity index (χ1) is 12.2. The fourth-order valence-corrected chi connectivity index (χ4v) is 2.65. The van der Waals surface area contributed by atoms with Crippen molar-refractivity contribution in [3.8, 4) is 0 Å². The fraction of sp³-hybridized carbons (Fsp3) is 0.824. The number of ether oxygens (including phenoxy) is 1. The van der Waals surface area contributed by atoms with E-state index >= 15 is 0 Å². The summed E-state index contributed by atoms with van der Waals surface area (Å²) in [4.78, 5) is 7.09. The van der Waals surface area contributed by atoms with Crippen LogP contribution >= 0.6 is 0 Å². The summed E-state index contributed by atoms with van der Waals surface area (Å²) in [5.41, 5.74) is 0. The lowest BCUT2D eigenvalue weighted by Crippen LogP contribution is -2.44. The first-order valence-corrected chi connectivity index (χ1v) is 9.38. The summed E-state index contributed by atoms with van der Waals surface area (Å²) in [6, 6.07) is 0. The van der Waals surface area contributed by atoms with E-state index in [1.54, 1.807) is 0 Å². The third kappa shape index (κ3) is 6.99. The lowest BCUT2D eigenvalue weighted by Gasteiger charge is -2.26. The number of aromatic nitrogens is 3. The predicted octanol–water partition coefficient (Wildman–Crippen LogP) is 0.681. The Balaban J connectivity index is 1.82. The minimum atomic E-state index is 0.526. The number of nitrogens with one attached hydrogen (secondary N) is 2. The summed E-state index contributed by atoms with van der Waals surface area (Å²) in [7, 11) is 1.97. The van der Waals surface area contributed by atoms with E-state index in [9.17, 15) is 0 Å². The number of rotatable bonds is 9. The number of unbranched alkanes of at least 4 members (excludes halogenated alkanes) is 2. The predicted molar refractivity (Wildman–Crippen MR) is 99.7 cm³/mol. The molecule has 0 aliphatic carbocycles. The van der Waals surface area contributed by atoms with Gasteiger partial charge in [-0.25, -0.2) is 4.99 Å². The van der Waals surface area contributed by atoms with Crippen molar-refractivity contribution in [1.82, 2.24) is 30.3 Å². The van der Waals surface area contributed by atoms with Crippen molar-refractivity contribution in [2.75, 3.05) is 45.9 Å². The van der Waals surface area contributed by atoms with Gasteiger partial charge in [0.2, 0.25) is 0 Å². The van der Waals surface area contributed by atoms with Crippen LogP contribution in [0.15, 0.2) is 4.99 Å². The average molecular weight is 351 g/mol. The Kier molecular flexibility index (Phi) is 8.68. The summed E-state index contributed by atoms with van der Waals surface area (Å²) < 4.78 is 7.37. The van der Waals surface area contributed by atoms with Crippen molar-refractivity contribution < 1.29 is 4.74 Å². The van der Waals surface area contributed by atoms with Crippen molar-refractivity contribution in [2.45, 2.75) is 39.7 Å². The van der Waals surface area contributed by atoms with Crippen LogP contribution in [0.4, 0.5) is 0 Å². The van der Waals surface area contributed by atoms with Crippen molar-refractivity contribution in [3.63, 3.8) is 0 Å². The smallest absolute Gasteiger partial charge is 0.191 e. The maximum Gasteiger partial charge on any atom is 0.191 e. The molecule has 0 bridgehead atoms. The number of guanidine groups is 1. The fourth-order valence-electron chi connectivity index (χ4n) is 2.65. The molecule has 1 aromatic heterocycles. The second kappa shape index (κ2) is 11.0. The molecule has 0 atom stereocenters. The van der Waals surface area contributed by atoms with Gasteiger partial charge in [0.15, 0.2) is 11.8 Å². The second-order valence-corrected chi connectivity index (χ2v) is 6.40. The number of hydrogen-bond donors (Lipinski definition) is 2. The van der Waals surface area contributed by atoms with Gasteiger partial charge in [0.05, 0.1) is 13.2 Å². The molecule has 0 saturated carbocycles. The number of aryl methyl sites for hydroxylation is 1. The normalized spacial score (nSPS) is 16.2. The minimum Gasteiger partial charge on any atom is -0.379 e. The Morgan fingerprint density at radius 3 is 2.60 bits per heavy atom. The molecular weight excluding hydrogens is 318 g/mol. The van der Waals surface area contributed by atoms with Crippen LogP contribution in [0.1, 0.15) is 37.8 Å². The van der Waals surface area contributed by atoms with Crippen LogP contribution in [0.3, 0.4) is 0 Å². The van der Waals surface area contributed by atoms with Crippen molar-refractivity contribution in [1.29, 1.82) is 0 Å². The van der Waals surface area contributed by atoms with Crippen LogP contribution in [-0.2, 0) is 18.3 Å². The zero-order chi connectivity index (χ0) is 17.9. The topological polar surface area (TPSA) is 79.6 Å². The first-order valence-electron chi connectivity index (χ1n) is 9.38. The Morgan fingerprint density at radius 2 is 1.92 bits per heavy atom. The highest BCUT2D eigenvalue weighted by Crippen LogP contribution is 1.99. The van der Waals surface area contributed by atoms with E-state index in [-0.39, 0.29) is 0 Å². The molecule has 2 heterocycles. The molecule has 0 amide bonds. The third-order valence-electron chi connectivity index (χ3n) is 4.46. The molecule has 1 aliphatic rings. The quantitative estimate of drug-likeness (QED) is 0.387. The Bertz CT molecular complexity index is 523. The minimum absolute atomic E-state index is 0.526. The van der Waals surface area contributed by atoms with E-state index in [0.29, 0.717) is 6.54 Å². The molecule has 1 aromatic rings. The monoisotopic (exact) mass is 351 g/mol. The summed E-state index contributed by atoms with van der Waals surface area (Å²) in [5.74, 6) is 2.63. The number of aliphatic imine (C=N–C) groups is 1. The van der Waals surface area contributed by atoms with E-state index in [4.69, 9.17) is 4.74 Å². The molecule has 8 nitrogen and oxygen atoms in total. The number of hydrogen-bond acceptors (Lipinski definition) is 5. The van der Waals surface area contributed by atoms with E-state index in [0.717, 1.165) is 70.0 Å². The van der Waals surface area contributed by atoms with Crippen LogP contribution in [0.5, 0.6) is 0 Å². The maximum atomic E-state index is 5.39. The van der Waals surface area contributed by atoms with Gasteiger partial charge in [0, 0.05) is 39.8 Å². The standard InChI is InChI=1S/C17H33N7O/c1-4-5-6-7-18-17(19-8-9-24-10-12-25-13-11-24)20-14-16-22-21-15(2)23(16)3/h4-14H2,1-3H3,(H2,18,19,20). The van der Waals surface area contributed by atoms with Crippen LogP contribution in [0.2, 0.25) is 0 Å². The first kappa shape index (κ1) is 19.7. The van der Waals surface area contributed by atoms with Crippen LogP contribution < -0.4 is 10.6 Å². The van der Waals surface area contributed by atoms with Gasteiger partial charge in [-0.1, -0.05) is 19.8 Å². The zero-order valence-electron chi connectivity index (χ0n) is 15.9. The third-order valence-corrected chi connectivity index (χ3v) is 4.46. The van der Waals surface area contributed by atoms with E-state index in [2.05, 4.69) is 37.6 Å². The van der Waals surface area contributed by atoms with Gasteiger partial charge in [-0.15, -0.1) is 10.2 Å². The van der Waals surface area contributed by atoms with Gasteiger partial charge >= 0.3 is 0 Å². The molecule has 1 aliphatic heterocycles. The van der Waals surface area contributed by atoms with Gasteiger partial charge in [-0.2, -0.15) is 0 Å². The lowest BCUT2D eigenvalue weighted by atomic mass is 10.2. The molecule has 0 spiro atoms. The molecule has 0 unspecified atom stereocenters. The van der Waals surface area contributed by atoms with Crippen molar-refractivity contribution >= 4 is 5.96 Å². The second-order valence-electron chi connectivity index (χ2n) is 6.40. The number of nitrogens with zero attached hydrogens (tertiary/aromatic N) is 5. The molecule has 25 heavy (non-hydrogen) atoms. The van der Waals surface area contributed by atoms with Crippen LogP contribution in [-0.4, -0.2) is 71.6 Å². The Hall–Kier alpha value is -1.67. The molecule has 1 saturated heterocycles. The van der Waals surface area contributed by atoms with Crippen molar-refractivity contribution in [3.05, 3.63) is 11.6 Å². The van der Waals surface area contributed by atoms with E-state index in [1.807, 2.05) is 18.5 Å². The van der Waals surface area contributed by atoms with Gasteiger partial charge in [-0.05, 0) is 13.3 Å². The van der Waals surface area contributed by atoms with Crippen molar-refractivity contribution in [2.24, 2.45) is 12.0 Å². The average Bonchev–Trinajstić information content (AvgIpc) is 2.95. The summed E-state index contributed by atoms with van der Waals surface area (Å²) in [5, 5.41) is 15.1. The molecule has 0 aromatic carbocycles. The highest BCUT2D eigenvalue weighted by molar-refractivity contribution is 5.79. The summed E-state index contributed by atoms with van der Waals surface area (Å²) in [6.45, 7) is 11.2. The van der Waals surface area contributed by atoms with Crippen LogP contribution in [0.25, 0.3) is 0 Å². The molecule has 1 fully saturated rings.